The topological polar surface area (TPSA) is 65.1 Å². The van der Waals surface area contributed by atoms with Gasteiger partial charge < -0.3 is 24.8 Å². The van der Waals surface area contributed by atoms with E-state index < -0.39 is 0 Å². The molecule has 2 aliphatic rings. The van der Waals surface area contributed by atoms with Gasteiger partial charge in [0.2, 0.25) is 11.8 Å². The van der Waals surface area contributed by atoms with E-state index in [0.29, 0.717) is 26.1 Å². The van der Waals surface area contributed by atoms with E-state index in [1.54, 1.807) is 7.11 Å². The molecule has 2 atom stereocenters. The summed E-state index contributed by atoms with van der Waals surface area (Å²) < 4.78 is 5.44. The maximum Gasteiger partial charge on any atom is 0.226 e. The zero-order valence-corrected chi connectivity index (χ0v) is 16.5. The van der Waals surface area contributed by atoms with Crippen LogP contribution in [-0.4, -0.2) is 82.1 Å². The smallest absolute Gasteiger partial charge is 0.226 e. The highest BCUT2D eigenvalue weighted by Crippen LogP contribution is 2.40. The standard InChI is InChI=1S/C20H30N4O3/c1-22(2)9-8-21-19(25)15-14-16(15)20(26)24-12-10-23(11-13-24)17-6-4-5-7-18(17)27-3/h4-7,15-16H,8-14H2,1-3H3,(H,21,25). The number of carbonyl (C=O) groups excluding carboxylic acids is 2. The zero-order chi connectivity index (χ0) is 19.4. The van der Waals surface area contributed by atoms with E-state index in [1.165, 1.54) is 0 Å². The summed E-state index contributed by atoms with van der Waals surface area (Å²) in [5.41, 5.74) is 1.07. The Morgan fingerprint density at radius 2 is 1.85 bits per heavy atom. The molecule has 1 N–H and O–H groups in total. The maximum absolute atomic E-state index is 12.7. The summed E-state index contributed by atoms with van der Waals surface area (Å²) in [4.78, 5) is 31.1. The molecular formula is C20H30N4O3. The minimum absolute atomic E-state index is 0.0165. The summed E-state index contributed by atoms with van der Waals surface area (Å²) in [6, 6.07) is 7.96. The molecule has 3 rings (SSSR count). The van der Waals surface area contributed by atoms with Gasteiger partial charge >= 0.3 is 0 Å². The molecule has 1 saturated carbocycles. The molecule has 2 fully saturated rings. The highest BCUT2D eigenvalue weighted by atomic mass is 16.5. The third kappa shape index (κ3) is 4.71. The van der Waals surface area contributed by atoms with Crippen LogP contribution >= 0.6 is 0 Å². The largest absolute Gasteiger partial charge is 0.495 e. The minimum atomic E-state index is -0.146. The normalized spacial score (nSPS) is 21.9. The SMILES string of the molecule is COc1ccccc1N1CCN(C(=O)C2CC2C(=O)NCCN(C)C)CC1. The van der Waals surface area contributed by atoms with Crippen molar-refractivity contribution >= 4 is 17.5 Å². The molecule has 2 unspecified atom stereocenters. The average molecular weight is 374 g/mol. The van der Waals surface area contributed by atoms with E-state index in [2.05, 4.69) is 10.2 Å². The van der Waals surface area contributed by atoms with Crippen LogP contribution in [0.3, 0.4) is 0 Å². The van der Waals surface area contributed by atoms with Gasteiger partial charge in [0.15, 0.2) is 0 Å². The number of hydrogen-bond donors (Lipinski definition) is 1. The van der Waals surface area contributed by atoms with Crippen molar-refractivity contribution in [1.29, 1.82) is 0 Å². The first-order valence-corrected chi connectivity index (χ1v) is 9.60. The monoisotopic (exact) mass is 374 g/mol. The van der Waals surface area contributed by atoms with Crippen molar-refractivity contribution in [2.24, 2.45) is 11.8 Å². The van der Waals surface area contributed by atoms with Crippen molar-refractivity contribution in [1.82, 2.24) is 15.1 Å². The van der Waals surface area contributed by atoms with Gasteiger partial charge in [-0.3, -0.25) is 9.59 Å². The molecule has 7 heteroatoms. The first-order chi connectivity index (χ1) is 13.0. The van der Waals surface area contributed by atoms with Crippen molar-refractivity contribution in [2.75, 3.05) is 65.4 Å². The van der Waals surface area contributed by atoms with Crippen molar-refractivity contribution < 1.29 is 14.3 Å². The Balaban J connectivity index is 1.46. The number of hydrogen-bond acceptors (Lipinski definition) is 5. The molecule has 2 amide bonds. The lowest BCUT2D eigenvalue weighted by Gasteiger charge is -2.36. The Morgan fingerprint density at radius 1 is 1.15 bits per heavy atom. The minimum Gasteiger partial charge on any atom is -0.495 e. The van der Waals surface area contributed by atoms with Crippen molar-refractivity contribution in [3.8, 4) is 5.75 Å². The van der Waals surface area contributed by atoms with E-state index in [-0.39, 0.29) is 23.7 Å². The second kappa shape index (κ2) is 8.61. The Morgan fingerprint density at radius 3 is 2.52 bits per heavy atom. The summed E-state index contributed by atoms with van der Waals surface area (Å²) in [6.45, 7) is 4.35. The summed E-state index contributed by atoms with van der Waals surface area (Å²) in [5.74, 6) is 0.716. The van der Waals surface area contributed by atoms with Crippen LogP contribution in [-0.2, 0) is 9.59 Å². The third-order valence-electron chi connectivity index (χ3n) is 5.32. The summed E-state index contributed by atoms with van der Waals surface area (Å²) in [7, 11) is 5.62. The third-order valence-corrected chi connectivity index (χ3v) is 5.32. The van der Waals surface area contributed by atoms with E-state index in [9.17, 15) is 9.59 Å². The molecule has 0 bridgehead atoms. The van der Waals surface area contributed by atoms with Crippen LogP contribution in [0.1, 0.15) is 6.42 Å². The summed E-state index contributed by atoms with van der Waals surface area (Å²) >= 11 is 0. The van der Waals surface area contributed by atoms with Crippen LogP contribution in [0.2, 0.25) is 0 Å². The molecule has 27 heavy (non-hydrogen) atoms. The van der Waals surface area contributed by atoms with Crippen LogP contribution in [0.15, 0.2) is 24.3 Å². The molecule has 0 radical (unpaired) electrons. The fourth-order valence-corrected chi connectivity index (χ4v) is 3.58. The quantitative estimate of drug-likeness (QED) is 0.760. The van der Waals surface area contributed by atoms with E-state index in [0.717, 1.165) is 31.1 Å². The second-order valence-electron chi connectivity index (χ2n) is 7.53. The van der Waals surface area contributed by atoms with Crippen LogP contribution in [0, 0.1) is 11.8 Å². The lowest BCUT2D eigenvalue weighted by molar-refractivity contribution is -0.135. The first-order valence-electron chi connectivity index (χ1n) is 9.60. The van der Waals surface area contributed by atoms with Crippen LogP contribution < -0.4 is 15.0 Å². The van der Waals surface area contributed by atoms with Gasteiger partial charge in [-0.25, -0.2) is 0 Å². The van der Waals surface area contributed by atoms with Crippen LogP contribution in [0.25, 0.3) is 0 Å². The number of nitrogens with one attached hydrogen (secondary N) is 1. The lowest BCUT2D eigenvalue weighted by atomic mass is 10.2. The van der Waals surface area contributed by atoms with Gasteiger partial charge in [-0.15, -0.1) is 0 Å². The molecule has 7 nitrogen and oxygen atoms in total. The van der Waals surface area contributed by atoms with Gasteiger partial charge in [0.05, 0.1) is 24.6 Å². The Labute approximate surface area is 161 Å². The number of rotatable bonds is 7. The Hall–Kier alpha value is -2.28. The zero-order valence-electron chi connectivity index (χ0n) is 16.5. The molecule has 1 aromatic carbocycles. The average Bonchev–Trinajstić information content (AvgIpc) is 3.48. The predicted octanol–water partition coefficient (Wildman–Crippen LogP) is 0.658. The fourth-order valence-electron chi connectivity index (χ4n) is 3.58. The second-order valence-corrected chi connectivity index (χ2v) is 7.53. The number of anilines is 1. The molecule has 0 spiro atoms. The van der Waals surface area contributed by atoms with Gasteiger partial charge in [0.25, 0.3) is 0 Å². The number of piperazine rings is 1. The van der Waals surface area contributed by atoms with E-state index in [4.69, 9.17) is 4.74 Å². The van der Waals surface area contributed by atoms with Gasteiger partial charge in [-0.1, -0.05) is 12.1 Å². The molecule has 148 valence electrons. The molecule has 1 aliphatic carbocycles. The number of benzene rings is 1. The van der Waals surface area contributed by atoms with Gasteiger partial charge in [0, 0.05) is 39.3 Å². The summed E-state index contributed by atoms with van der Waals surface area (Å²) in [5, 5.41) is 2.93. The number of methoxy groups -OCH3 is 1. The molecule has 0 aromatic heterocycles. The first kappa shape index (κ1) is 19.5. The molecule has 1 saturated heterocycles. The van der Waals surface area contributed by atoms with Gasteiger partial charge in [0.1, 0.15) is 5.75 Å². The fraction of sp³-hybridized carbons (Fsp3) is 0.600. The number of carbonyl (C=O) groups is 2. The predicted molar refractivity (Wildman–Crippen MR) is 105 cm³/mol. The van der Waals surface area contributed by atoms with E-state index >= 15 is 0 Å². The van der Waals surface area contributed by atoms with Crippen molar-refractivity contribution in [2.45, 2.75) is 6.42 Å². The molecule has 1 aromatic rings. The lowest BCUT2D eigenvalue weighted by Crippen LogP contribution is -2.49. The molecule has 1 heterocycles. The summed E-state index contributed by atoms with van der Waals surface area (Å²) in [6.07, 6.45) is 0.680. The molecular weight excluding hydrogens is 344 g/mol. The number of para-hydroxylation sites is 2. The Bertz CT molecular complexity index is 671. The number of likely N-dealkylation sites (N-methyl/N-ethyl adjacent to an activating group) is 1. The maximum atomic E-state index is 12.7. The number of ether oxygens (including phenoxy) is 1. The Kier molecular flexibility index (Phi) is 6.21. The van der Waals surface area contributed by atoms with E-state index in [1.807, 2.05) is 48.2 Å². The van der Waals surface area contributed by atoms with Gasteiger partial charge in [-0.05, 0) is 32.6 Å². The van der Waals surface area contributed by atoms with Crippen molar-refractivity contribution in [3.05, 3.63) is 24.3 Å². The highest BCUT2D eigenvalue weighted by molar-refractivity contribution is 5.92. The van der Waals surface area contributed by atoms with Crippen molar-refractivity contribution in [3.63, 3.8) is 0 Å². The van der Waals surface area contributed by atoms with Crippen LogP contribution in [0.4, 0.5) is 5.69 Å². The van der Waals surface area contributed by atoms with Crippen LogP contribution in [0.5, 0.6) is 5.75 Å². The number of nitrogens with zero attached hydrogens (tertiary/aromatic N) is 3. The molecule has 1 aliphatic heterocycles. The van der Waals surface area contributed by atoms with Gasteiger partial charge in [-0.2, -0.15) is 0 Å². The highest BCUT2D eigenvalue weighted by Gasteiger charge is 2.49. The number of amides is 2.